The van der Waals surface area contributed by atoms with Crippen LogP contribution in [0.1, 0.15) is 92.4 Å². The molecule has 0 fully saturated rings. The molecule has 119 heavy (non-hydrogen) atoms. The topological polar surface area (TPSA) is 117 Å². The van der Waals surface area contributed by atoms with Crippen LogP contribution in [-0.2, 0) is 73.1 Å². The number of rotatable bonds is 46. The Morgan fingerprint density at radius 2 is 0.496 bits per heavy atom. The number of anilines is 6. The number of hydrogen-bond donors (Lipinski definition) is 0. The van der Waals surface area contributed by atoms with Crippen LogP contribution in [0.5, 0.6) is 0 Å². The molecule has 0 spiro atoms. The molecule has 0 aromatic heterocycles. The van der Waals surface area contributed by atoms with Gasteiger partial charge in [-0.3, -0.25) is 0 Å². The van der Waals surface area contributed by atoms with Gasteiger partial charge in [-0.2, -0.15) is 26.3 Å². The van der Waals surface area contributed by atoms with E-state index in [1.807, 2.05) is 111 Å². The Balaban J connectivity index is 0.973. The highest BCUT2D eigenvalue weighted by Gasteiger charge is 2.73. The molecule has 0 aliphatic heterocycles. The molecule has 14 nitrogen and oxygen atoms in total. The van der Waals surface area contributed by atoms with E-state index in [1.54, 1.807) is 52.1 Å². The predicted octanol–water partition coefficient (Wildman–Crippen LogP) is 22.0. The fourth-order valence-electron chi connectivity index (χ4n) is 16.7. The molecule has 0 unspecified atom stereocenters. The van der Waals surface area contributed by atoms with Gasteiger partial charge in [0.1, 0.15) is 0 Å². The van der Waals surface area contributed by atoms with E-state index in [4.69, 9.17) is 56.8 Å². The highest BCUT2D eigenvalue weighted by molar-refractivity contribution is 5.88. The van der Waals surface area contributed by atoms with E-state index in [9.17, 15) is 0 Å². The van der Waals surface area contributed by atoms with Crippen LogP contribution in [0.3, 0.4) is 0 Å². The Labute approximate surface area is 697 Å². The summed E-state index contributed by atoms with van der Waals surface area (Å²) in [7, 11) is 6.54. The van der Waals surface area contributed by atoms with Gasteiger partial charge in [-0.15, -0.1) is 0 Å². The zero-order valence-electron chi connectivity index (χ0n) is 70.2. The Hall–Kier alpha value is -9.10. The number of hydrogen-bond acceptors (Lipinski definition) is 14. The first-order valence-electron chi connectivity index (χ1n) is 41.0. The Morgan fingerprint density at radius 3 is 0.782 bits per heavy atom. The third-order valence-corrected chi connectivity index (χ3v) is 23.1. The Morgan fingerprint density at radius 1 is 0.252 bits per heavy atom. The normalized spacial score (nSPS) is 13.4. The molecule has 0 N–H and O–H groups in total. The molecule has 20 heteroatoms. The summed E-state index contributed by atoms with van der Waals surface area (Å²) in [4.78, 5) is 3.47. The highest BCUT2D eigenvalue weighted by Crippen LogP contribution is 2.60. The van der Waals surface area contributed by atoms with Crippen molar-refractivity contribution in [1.29, 1.82) is 0 Å². The minimum atomic E-state index is -5.95. The van der Waals surface area contributed by atoms with Gasteiger partial charge in [0, 0.05) is 99.8 Å². The van der Waals surface area contributed by atoms with Gasteiger partial charge < -0.3 is 66.6 Å². The van der Waals surface area contributed by atoms with Crippen molar-refractivity contribution in [2.24, 2.45) is 0 Å². The number of nitrogens with zero attached hydrogens (tertiary/aromatic N) is 2. The number of halogens is 6. The fraction of sp³-hybridized carbons (Fsp3) is 0.394. The maximum atomic E-state index is 17.1. The Bertz CT molecular complexity index is 4630. The zero-order valence-corrected chi connectivity index (χ0v) is 70.2. The molecular weight excluding hydrogens is 1520 g/mol. The molecule has 0 atom stereocenters. The molecule has 0 amide bonds. The first-order chi connectivity index (χ1) is 57.6. The molecule has 0 saturated carbocycles. The van der Waals surface area contributed by atoms with E-state index < -0.39 is 39.7 Å². The maximum absolute atomic E-state index is 17.1. The molecule has 0 radical (unpaired) electrons. The maximum Gasteiger partial charge on any atom is 0.411 e. The first kappa shape index (κ1) is 89.2. The third kappa shape index (κ3) is 20.4. The molecule has 10 aromatic rings. The molecule has 12 rings (SSSR count). The number of ether oxygens (including phenoxy) is 12. The van der Waals surface area contributed by atoms with Gasteiger partial charge in [0.15, 0.2) is 0 Å². The standard InChI is InChI=1S/C99H112F6N2O12/c1-69-11-27-81(28-12-69)106(82-29-13-70(2)14-30-82)93-67-79(25-17-73(93)5)97(98(100,101)102,99(103,104)105)80-26-18-74(6)94(68-80)107(83-31-19-75(20-32-83)77-23-37-87-85-35-15-71(3)63-89(85)95(91(87)65-77,39-43-112-55-59-116-51-47-108-7)40-44-113-56-60-117-52-48-109-8)84-33-21-76(22-34-84)78-24-38-88-86-36-16-72(4)64-90(86)96(92(88)66-78,41-45-114-57-61-118-53-49-110-9)42-46-115-58-62-119-54-50-111-10/h11-38,63-68H,39-62H2,1-10H3. The average molecular weight is 1640 g/mol. The molecule has 2 aliphatic carbocycles. The van der Waals surface area contributed by atoms with Gasteiger partial charge in [0.2, 0.25) is 5.41 Å². The van der Waals surface area contributed by atoms with Crippen molar-refractivity contribution in [2.75, 3.05) is 170 Å². The first-order valence-corrected chi connectivity index (χ1v) is 41.0. The second kappa shape index (κ2) is 41.4. The van der Waals surface area contributed by atoms with Crippen molar-refractivity contribution in [3.05, 3.63) is 273 Å². The lowest BCUT2D eigenvalue weighted by molar-refractivity contribution is -0.288. The molecule has 2 aliphatic rings. The summed E-state index contributed by atoms with van der Waals surface area (Å²) in [6, 6.07) is 63.1. The van der Waals surface area contributed by atoms with Crippen LogP contribution >= 0.6 is 0 Å². The molecule has 0 heterocycles. The van der Waals surface area contributed by atoms with Gasteiger partial charge in [-0.25, -0.2) is 0 Å². The van der Waals surface area contributed by atoms with Gasteiger partial charge in [0.25, 0.3) is 0 Å². The van der Waals surface area contributed by atoms with Crippen LogP contribution in [0.2, 0.25) is 0 Å². The summed E-state index contributed by atoms with van der Waals surface area (Å²) in [5.74, 6) is 0. The van der Waals surface area contributed by atoms with Crippen molar-refractivity contribution in [3.8, 4) is 44.5 Å². The van der Waals surface area contributed by atoms with E-state index >= 15 is 26.3 Å². The van der Waals surface area contributed by atoms with E-state index in [0.717, 1.165) is 102 Å². The average Bonchev–Trinajstić information content (AvgIpc) is 1.67. The second-order valence-corrected chi connectivity index (χ2v) is 30.8. The highest BCUT2D eigenvalue weighted by atomic mass is 19.4. The quantitative estimate of drug-likeness (QED) is 0.0266. The van der Waals surface area contributed by atoms with Gasteiger partial charge in [-0.05, 0) is 229 Å². The summed E-state index contributed by atoms with van der Waals surface area (Å²) in [6.45, 7) is 20.0. The van der Waals surface area contributed by atoms with Crippen LogP contribution in [0.15, 0.2) is 206 Å². The van der Waals surface area contributed by atoms with E-state index in [2.05, 4.69) is 86.6 Å². The van der Waals surface area contributed by atoms with Crippen LogP contribution in [0.4, 0.5) is 60.5 Å². The zero-order chi connectivity index (χ0) is 84.2. The fourth-order valence-corrected chi connectivity index (χ4v) is 16.7. The van der Waals surface area contributed by atoms with Crippen LogP contribution < -0.4 is 9.80 Å². The summed E-state index contributed by atoms with van der Waals surface area (Å²) in [5.41, 5.74) is 11.9. The third-order valence-electron chi connectivity index (χ3n) is 23.1. The van der Waals surface area contributed by atoms with Gasteiger partial charge >= 0.3 is 12.4 Å². The summed E-state index contributed by atoms with van der Waals surface area (Å²) in [6.07, 6.45) is -9.41. The number of alkyl halides is 6. The van der Waals surface area contributed by atoms with Crippen molar-refractivity contribution < 1.29 is 83.2 Å². The lowest BCUT2D eigenvalue weighted by Gasteiger charge is -2.40. The minimum absolute atomic E-state index is 0.0971. The molecular formula is C99H112F6N2O12. The van der Waals surface area contributed by atoms with Crippen molar-refractivity contribution in [3.63, 3.8) is 0 Å². The SMILES string of the molecule is COCCOCCOCCC1(CCOCCOCCOC)c2cc(C)ccc2-c2ccc(-c3ccc(N(c4ccc(-c5ccc6c(c5)C(CCOCCOCCOC)(CCOCCOCCOC)c5cc(C)ccc5-6)cc4)c4cc(C(c5ccc(C)c(N(c6ccc(C)cc6)c6ccc(C)cc6)c5)(C(F)(F)F)C(F)(F)F)ccc4C)cc3)cc21. The molecule has 0 saturated heterocycles. The van der Waals surface area contributed by atoms with E-state index in [0.29, 0.717) is 192 Å². The second-order valence-electron chi connectivity index (χ2n) is 30.8. The van der Waals surface area contributed by atoms with Crippen molar-refractivity contribution in [2.45, 2.75) is 95.8 Å². The Kier molecular flexibility index (Phi) is 31.1. The van der Waals surface area contributed by atoms with Crippen LogP contribution in [0.25, 0.3) is 44.5 Å². The number of benzene rings is 10. The molecule has 632 valence electrons. The van der Waals surface area contributed by atoms with Crippen LogP contribution in [-0.4, -0.2) is 173 Å². The monoisotopic (exact) mass is 1630 g/mol. The lowest BCUT2D eigenvalue weighted by Crippen LogP contribution is -2.54. The van der Waals surface area contributed by atoms with Crippen LogP contribution in [0, 0.1) is 41.5 Å². The summed E-state index contributed by atoms with van der Waals surface area (Å²) >= 11 is 0. The largest absolute Gasteiger partial charge is 0.411 e. The summed E-state index contributed by atoms with van der Waals surface area (Å²) in [5, 5.41) is 0. The van der Waals surface area contributed by atoms with Gasteiger partial charge in [0.05, 0.1) is 106 Å². The molecule has 0 bridgehead atoms. The number of fused-ring (bicyclic) bond motifs is 6. The summed E-state index contributed by atoms with van der Waals surface area (Å²) < 4.78 is 172. The van der Waals surface area contributed by atoms with E-state index in [-0.39, 0.29) is 11.4 Å². The molecule has 10 aromatic carbocycles. The van der Waals surface area contributed by atoms with Gasteiger partial charge in [-0.1, -0.05) is 156 Å². The number of aryl methyl sites for hydroxylation is 6. The van der Waals surface area contributed by atoms with Crippen molar-refractivity contribution in [1.82, 2.24) is 0 Å². The lowest BCUT2D eigenvalue weighted by atomic mass is 9.72. The smallest absolute Gasteiger partial charge is 0.382 e. The predicted molar refractivity (Wildman–Crippen MR) is 459 cm³/mol. The van der Waals surface area contributed by atoms with Crippen molar-refractivity contribution >= 4 is 34.1 Å². The number of methoxy groups -OCH3 is 4. The van der Waals surface area contributed by atoms with E-state index in [1.165, 1.54) is 23.3 Å². The minimum Gasteiger partial charge on any atom is -0.382 e.